The summed E-state index contributed by atoms with van der Waals surface area (Å²) in [5, 5.41) is 9.07. The van der Waals surface area contributed by atoms with Gasteiger partial charge >= 0.3 is 0 Å². The topological polar surface area (TPSA) is 49.5 Å². The van der Waals surface area contributed by atoms with Crippen LogP contribution < -0.4 is 5.73 Å². The number of nitrogens with two attached hydrogens (primary N) is 1. The molecule has 1 heterocycles. The molecule has 20 heavy (non-hydrogen) atoms. The smallest absolute Gasteiger partial charge is 0.0681 e. The van der Waals surface area contributed by atoms with E-state index in [4.69, 9.17) is 10.8 Å². The molecule has 0 aliphatic carbocycles. The van der Waals surface area contributed by atoms with Gasteiger partial charge < -0.3 is 10.8 Å². The average Bonchev–Trinajstić information content (AvgIpc) is 2.49. The van der Waals surface area contributed by atoms with Crippen molar-refractivity contribution >= 4 is 5.69 Å². The lowest BCUT2D eigenvalue weighted by molar-refractivity contribution is 0.246. The number of aliphatic hydroxyl groups is 1. The Balaban J connectivity index is 1.72. The molecule has 0 aromatic heterocycles. The maximum Gasteiger partial charge on any atom is 0.0681 e. The van der Waals surface area contributed by atoms with Gasteiger partial charge in [-0.3, -0.25) is 4.90 Å². The number of benzene rings is 2. The normalized spacial score (nSPS) is 15.1. The second-order valence-electron chi connectivity index (χ2n) is 5.42. The minimum atomic E-state index is 0.105. The monoisotopic (exact) mass is 268 g/mol. The number of fused-ring (bicyclic) bond motifs is 1. The largest absolute Gasteiger partial charge is 0.398 e. The van der Waals surface area contributed by atoms with Gasteiger partial charge in [-0.25, -0.2) is 0 Å². The fraction of sp³-hybridized carbons (Fsp3) is 0.294. The van der Waals surface area contributed by atoms with Crippen LogP contribution in [0.25, 0.3) is 0 Å². The van der Waals surface area contributed by atoms with E-state index in [1.54, 1.807) is 0 Å². The van der Waals surface area contributed by atoms with E-state index >= 15 is 0 Å². The first kappa shape index (κ1) is 13.2. The summed E-state index contributed by atoms with van der Waals surface area (Å²) in [4.78, 5) is 2.42. The van der Waals surface area contributed by atoms with Crippen LogP contribution in [0.3, 0.4) is 0 Å². The summed E-state index contributed by atoms with van der Waals surface area (Å²) in [6.45, 7) is 3.02. The van der Waals surface area contributed by atoms with Crippen LogP contribution in [-0.2, 0) is 26.1 Å². The van der Waals surface area contributed by atoms with E-state index in [9.17, 15) is 0 Å². The Kier molecular flexibility index (Phi) is 3.72. The summed E-state index contributed by atoms with van der Waals surface area (Å²) >= 11 is 0. The number of rotatable bonds is 3. The Morgan fingerprint density at radius 3 is 2.55 bits per heavy atom. The molecule has 3 rings (SSSR count). The first-order chi connectivity index (χ1) is 9.76. The fourth-order valence-electron chi connectivity index (χ4n) is 2.81. The average molecular weight is 268 g/mol. The molecule has 0 radical (unpaired) electrons. The molecule has 0 bridgehead atoms. The molecule has 0 spiro atoms. The van der Waals surface area contributed by atoms with Gasteiger partial charge in [-0.05, 0) is 34.7 Å². The van der Waals surface area contributed by atoms with Gasteiger partial charge in [0.25, 0.3) is 0 Å². The highest BCUT2D eigenvalue weighted by molar-refractivity contribution is 5.51. The van der Waals surface area contributed by atoms with Gasteiger partial charge in [-0.2, -0.15) is 0 Å². The Morgan fingerprint density at radius 2 is 1.80 bits per heavy atom. The highest BCUT2D eigenvalue weighted by Crippen LogP contribution is 2.25. The van der Waals surface area contributed by atoms with Crippen molar-refractivity contribution in [2.75, 3.05) is 12.3 Å². The van der Waals surface area contributed by atoms with E-state index in [0.29, 0.717) is 0 Å². The molecular formula is C17H20N2O. The van der Waals surface area contributed by atoms with Gasteiger partial charge in [0.1, 0.15) is 0 Å². The molecule has 0 saturated carbocycles. The molecule has 0 atom stereocenters. The third-order valence-electron chi connectivity index (χ3n) is 4.00. The molecule has 3 nitrogen and oxygen atoms in total. The Morgan fingerprint density at radius 1 is 1.05 bits per heavy atom. The number of hydrogen-bond acceptors (Lipinski definition) is 3. The van der Waals surface area contributed by atoms with Crippen molar-refractivity contribution in [1.82, 2.24) is 4.90 Å². The Hall–Kier alpha value is -1.84. The summed E-state index contributed by atoms with van der Waals surface area (Å²) < 4.78 is 0. The summed E-state index contributed by atoms with van der Waals surface area (Å²) in [5.74, 6) is 0. The van der Waals surface area contributed by atoms with Crippen LogP contribution >= 0.6 is 0 Å². The zero-order valence-electron chi connectivity index (χ0n) is 11.5. The first-order valence-corrected chi connectivity index (χ1v) is 7.03. The van der Waals surface area contributed by atoms with Crippen LogP contribution in [0.5, 0.6) is 0 Å². The predicted molar refractivity (Wildman–Crippen MR) is 81.0 cm³/mol. The van der Waals surface area contributed by atoms with Crippen molar-refractivity contribution < 1.29 is 5.11 Å². The van der Waals surface area contributed by atoms with Crippen molar-refractivity contribution in [1.29, 1.82) is 0 Å². The number of anilines is 1. The summed E-state index contributed by atoms with van der Waals surface area (Å²) in [6.07, 6.45) is 1.06. The van der Waals surface area contributed by atoms with Gasteiger partial charge in [0, 0.05) is 25.3 Å². The summed E-state index contributed by atoms with van der Waals surface area (Å²) in [6, 6.07) is 14.4. The third kappa shape index (κ3) is 2.69. The van der Waals surface area contributed by atoms with Gasteiger partial charge in [0.2, 0.25) is 0 Å². The zero-order chi connectivity index (χ0) is 13.9. The van der Waals surface area contributed by atoms with E-state index < -0.39 is 0 Å². The van der Waals surface area contributed by atoms with Crippen LogP contribution in [0.15, 0.2) is 42.5 Å². The van der Waals surface area contributed by atoms with Crippen molar-refractivity contribution in [2.24, 2.45) is 0 Å². The molecule has 3 heteroatoms. The van der Waals surface area contributed by atoms with Crippen molar-refractivity contribution in [3.8, 4) is 0 Å². The van der Waals surface area contributed by atoms with Crippen LogP contribution in [0.4, 0.5) is 5.69 Å². The van der Waals surface area contributed by atoms with Crippen LogP contribution in [-0.4, -0.2) is 16.6 Å². The van der Waals surface area contributed by atoms with Gasteiger partial charge in [-0.15, -0.1) is 0 Å². The fourth-order valence-corrected chi connectivity index (χ4v) is 2.81. The van der Waals surface area contributed by atoms with Crippen molar-refractivity contribution in [2.45, 2.75) is 26.1 Å². The molecule has 2 aromatic rings. The molecule has 0 amide bonds. The van der Waals surface area contributed by atoms with E-state index in [0.717, 1.165) is 37.3 Å². The highest BCUT2D eigenvalue weighted by atomic mass is 16.3. The number of nitrogen functional groups attached to an aromatic ring is 1. The van der Waals surface area contributed by atoms with E-state index in [1.807, 2.05) is 24.3 Å². The number of aliphatic hydroxyl groups excluding tert-OH is 1. The maximum absolute atomic E-state index is 9.07. The Labute approximate surface area is 119 Å². The summed E-state index contributed by atoms with van der Waals surface area (Å²) in [7, 11) is 0. The number of hydrogen-bond donors (Lipinski definition) is 2. The lowest BCUT2D eigenvalue weighted by atomic mass is 9.97. The minimum Gasteiger partial charge on any atom is -0.398 e. The van der Waals surface area contributed by atoms with E-state index in [2.05, 4.69) is 23.1 Å². The molecule has 0 fully saturated rings. The van der Waals surface area contributed by atoms with Gasteiger partial charge in [-0.1, -0.05) is 36.4 Å². The molecule has 1 aliphatic heterocycles. The summed E-state index contributed by atoms with van der Waals surface area (Å²) in [5.41, 5.74) is 11.9. The lowest BCUT2D eigenvalue weighted by Crippen LogP contribution is -2.30. The first-order valence-electron chi connectivity index (χ1n) is 7.03. The van der Waals surface area contributed by atoms with E-state index in [1.165, 1.54) is 16.7 Å². The predicted octanol–water partition coefficient (Wildman–Crippen LogP) is 2.32. The second kappa shape index (κ2) is 5.65. The van der Waals surface area contributed by atoms with Gasteiger partial charge in [0.05, 0.1) is 6.61 Å². The Bertz CT molecular complexity index is 592. The van der Waals surface area contributed by atoms with Crippen molar-refractivity contribution in [3.05, 3.63) is 64.7 Å². The van der Waals surface area contributed by atoms with Crippen LogP contribution in [0.2, 0.25) is 0 Å². The lowest BCUT2D eigenvalue weighted by Gasteiger charge is -2.29. The second-order valence-corrected chi connectivity index (χ2v) is 5.42. The molecule has 0 saturated heterocycles. The van der Waals surface area contributed by atoms with Gasteiger partial charge in [0.15, 0.2) is 0 Å². The molecule has 0 unspecified atom stereocenters. The van der Waals surface area contributed by atoms with E-state index in [-0.39, 0.29) is 6.61 Å². The SMILES string of the molecule is Nc1cccc2c1CN(Cc1ccc(CO)cc1)CC2. The highest BCUT2D eigenvalue weighted by Gasteiger charge is 2.17. The number of nitrogens with zero attached hydrogens (tertiary/aromatic N) is 1. The molecule has 1 aliphatic rings. The van der Waals surface area contributed by atoms with Crippen molar-refractivity contribution in [3.63, 3.8) is 0 Å². The molecule has 3 N–H and O–H groups in total. The van der Waals surface area contributed by atoms with Crippen LogP contribution in [0.1, 0.15) is 22.3 Å². The molecule has 2 aromatic carbocycles. The standard InChI is InChI=1S/C17H20N2O/c18-17-3-1-2-15-8-9-19(11-16(15)17)10-13-4-6-14(12-20)7-5-13/h1-7,20H,8-12,18H2. The maximum atomic E-state index is 9.07. The van der Waals surface area contributed by atoms with Crippen LogP contribution in [0, 0.1) is 0 Å². The molecule has 104 valence electrons. The zero-order valence-corrected chi connectivity index (χ0v) is 11.5. The quantitative estimate of drug-likeness (QED) is 0.840. The third-order valence-corrected chi connectivity index (χ3v) is 4.00. The molecular weight excluding hydrogens is 248 g/mol. The minimum absolute atomic E-state index is 0.105.